The number of methoxy groups -OCH3 is 1. The number of pyridine rings is 1. The van der Waals surface area contributed by atoms with E-state index in [0.717, 1.165) is 61.5 Å². The van der Waals surface area contributed by atoms with Gasteiger partial charge in [-0.3, -0.25) is 4.90 Å². The average molecular weight is 573 g/mol. The fourth-order valence-electron chi connectivity index (χ4n) is 6.43. The maximum absolute atomic E-state index is 14.4. The standard InChI is InChI=1S/C32H33FN4O5/c1-40-23-7-5-21(25(33)14-23)19-42-30-4-2-3-28(35-30)32-10-11-36(16-22(32)15-32)18-29-34-26-8-6-20(31(38)39)13-27(26)37(29)17-24-9-12-41-24/h2-8,13-14,22,24H,9-12,15-19H2,1H3,(H,38,39). The Labute approximate surface area is 242 Å². The summed E-state index contributed by atoms with van der Waals surface area (Å²) in [5.41, 5.74) is 3.44. The fraction of sp³-hybridized carbons (Fsp3) is 0.406. The molecule has 2 aromatic carbocycles. The van der Waals surface area contributed by atoms with Crippen molar-refractivity contribution in [3.05, 3.63) is 83.1 Å². The number of aromatic carboxylic acids is 1. The molecule has 218 valence electrons. The van der Waals surface area contributed by atoms with E-state index in [2.05, 4.69) is 15.5 Å². The van der Waals surface area contributed by atoms with Gasteiger partial charge in [0, 0.05) is 36.3 Å². The number of likely N-dealkylation sites (tertiary alicyclic amines) is 1. The minimum atomic E-state index is -0.942. The lowest BCUT2D eigenvalue weighted by molar-refractivity contribution is -0.0592. The summed E-state index contributed by atoms with van der Waals surface area (Å²) in [5.74, 6) is 1.09. The zero-order chi connectivity index (χ0) is 28.8. The predicted molar refractivity (Wildman–Crippen MR) is 152 cm³/mol. The van der Waals surface area contributed by atoms with Crippen LogP contribution in [-0.4, -0.2) is 63.4 Å². The molecule has 2 aromatic heterocycles. The minimum absolute atomic E-state index is 0.0392. The van der Waals surface area contributed by atoms with E-state index in [1.165, 1.54) is 13.2 Å². The van der Waals surface area contributed by atoms with Gasteiger partial charge in [0.05, 0.1) is 48.6 Å². The van der Waals surface area contributed by atoms with Crippen molar-refractivity contribution < 1.29 is 28.5 Å². The van der Waals surface area contributed by atoms with Crippen molar-refractivity contribution in [3.8, 4) is 11.6 Å². The third-order valence-electron chi connectivity index (χ3n) is 9.07. The minimum Gasteiger partial charge on any atom is -0.497 e. The second kappa shape index (κ2) is 10.7. The van der Waals surface area contributed by atoms with Crippen LogP contribution in [-0.2, 0) is 29.8 Å². The molecular weight excluding hydrogens is 539 g/mol. The molecule has 42 heavy (non-hydrogen) atoms. The third kappa shape index (κ3) is 4.98. The summed E-state index contributed by atoms with van der Waals surface area (Å²) < 4.78 is 33.2. The summed E-state index contributed by atoms with van der Waals surface area (Å²) >= 11 is 0. The first-order chi connectivity index (χ1) is 20.4. The van der Waals surface area contributed by atoms with Gasteiger partial charge in [-0.2, -0.15) is 0 Å². The van der Waals surface area contributed by atoms with Crippen LogP contribution in [0.4, 0.5) is 4.39 Å². The molecular formula is C32H33FN4O5. The first kappa shape index (κ1) is 26.9. The number of halogens is 1. The average Bonchev–Trinajstić information content (AvgIpc) is 3.62. The van der Waals surface area contributed by atoms with Gasteiger partial charge in [0.15, 0.2) is 0 Å². The van der Waals surface area contributed by atoms with Crippen LogP contribution in [0.25, 0.3) is 11.0 Å². The molecule has 1 saturated carbocycles. The van der Waals surface area contributed by atoms with Gasteiger partial charge in [-0.25, -0.2) is 19.2 Å². The molecule has 0 spiro atoms. The number of nitrogens with zero attached hydrogens (tertiary/aromatic N) is 4. The van der Waals surface area contributed by atoms with Gasteiger partial charge in [0.25, 0.3) is 0 Å². The molecule has 9 nitrogen and oxygen atoms in total. The number of rotatable bonds is 10. The molecule has 2 aliphatic heterocycles. The summed E-state index contributed by atoms with van der Waals surface area (Å²) in [4.78, 5) is 23.8. The number of imidazole rings is 1. The molecule has 0 radical (unpaired) electrons. The molecule has 3 atom stereocenters. The molecule has 10 heteroatoms. The van der Waals surface area contributed by atoms with E-state index >= 15 is 0 Å². The molecule has 3 fully saturated rings. The highest BCUT2D eigenvalue weighted by atomic mass is 19.1. The van der Waals surface area contributed by atoms with Crippen LogP contribution < -0.4 is 9.47 Å². The summed E-state index contributed by atoms with van der Waals surface area (Å²) in [7, 11) is 1.51. The number of hydrogen-bond acceptors (Lipinski definition) is 7. The summed E-state index contributed by atoms with van der Waals surface area (Å²) in [5, 5.41) is 9.53. The van der Waals surface area contributed by atoms with Gasteiger partial charge in [0.1, 0.15) is 24.0 Å². The van der Waals surface area contributed by atoms with Gasteiger partial charge in [-0.1, -0.05) is 6.07 Å². The van der Waals surface area contributed by atoms with E-state index in [1.807, 2.05) is 12.1 Å². The number of benzene rings is 2. The molecule has 3 unspecified atom stereocenters. The zero-order valence-electron chi connectivity index (χ0n) is 23.5. The van der Waals surface area contributed by atoms with E-state index in [-0.39, 0.29) is 29.5 Å². The molecule has 3 aliphatic rings. The van der Waals surface area contributed by atoms with Crippen LogP contribution in [0.15, 0.2) is 54.6 Å². The van der Waals surface area contributed by atoms with Crippen molar-refractivity contribution in [2.75, 3.05) is 26.8 Å². The SMILES string of the molecule is COc1ccc(COc2cccc(C34CCN(Cc5nc6ccc(C(=O)O)cc6n5CC5CCO5)CC3C4)n2)c(F)c1. The molecule has 1 aliphatic carbocycles. The second-order valence-electron chi connectivity index (χ2n) is 11.6. The highest BCUT2D eigenvalue weighted by Gasteiger charge is 2.58. The lowest BCUT2D eigenvalue weighted by atomic mass is 9.91. The zero-order valence-corrected chi connectivity index (χ0v) is 23.5. The smallest absolute Gasteiger partial charge is 0.335 e. The number of hydrogen-bond donors (Lipinski definition) is 1. The summed E-state index contributed by atoms with van der Waals surface area (Å²) in [6.07, 6.45) is 3.18. The number of carboxylic acid groups (broad SMARTS) is 1. The second-order valence-corrected chi connectivity index (χ2v) is 11.6. The van der Waals surface area contributed by atoms with Crippen molar-refractivity contribution in [1.82, 2.24) is 19.4 Å². The Hall–Kier alpha value is -4.02. The number of ether oxygens (including phenoxy) is 3. The fourth-order valence-corrected chi connectivity index (χ4v) is 6.43. The van der Waals surface area contributed by atoms with E-state index in [0.29, 0.717) is 36.2 Å². The molecule has 0 bridgehead atoms. The molecule has 4 heterocycles. The third-order valence-corrected chi connectivity index (χ3v) is 9.07. The number of fused-ring (bicyclic) bond motifs is 2. The van der Waals surface area contributed by atoms with Crippen LogP contribution in [0.3, 0.4) is 0 Å². The van der Waals surface area contributed by atoms with E-state index in [4.69, 9.17) is 24.2 Å². The highest BCUT2D eigenvalue weighted by Crippen LogP contribution is 2.59. The number of carboxylic acids is 1. The quantitative estimate of drug-likeness (QED) is 0.289. The summed E-state index contributed by atoms with van der Waals surface area (Å²) in [6.45, 7) is 4.07. The van der Waals surface area contributed by atoms with Gasteiger partial charge in [0.2, 0.25) is 5.88 Å². The van der Waals surface area contributed by atoms with Crippen molar-refractivity contribution in [2.45, 2.75) is 50.5 Å². The van der Waals surface area contributed by atoms with Crippen molar-refractivity contribution in [3.63, 3.8) is 0 Å². The predicted octanol–water partition coefficient (Wildman–Crippen LogP) is 4.81. The first-order valence-electron chi connectivity index (χ1n) is 14.4. The van der Waals surface area contributed by atoms with Crippen molar-refractivity contribution >= 4 is 17.0 Å². The van der Waals surface area contributed by atoms with Crippen LogP contribution in [0, 0.1) is 11.7 Å². The Morgan fingerprint density at radius 1 is 1.19 bits per heavy atom. The van der Waals surface area contributed by atoms with Gasteiger partial charge in [-0.05, 0) is 68.1 Å². The molecule has 1 N–H and O–H groups in total. The highest BCUT2D eigenvalue weighted by molar-refractivity contribution is 5.92. The number of piperidine rings is 1. The van der Waals surface area contributed by atoms with Crippen LogP contribution in [0.2, 0.25) is 0 Å². The maximum atomic E-state index is 14.4. The van der Waals surface area contributed by atoms with Gasteiger partial charge >= 0.3 is 5.97 Å². The molecule has 7 rings (SSSR count). The van der Waals surface area contributed by atoms with Crippen LogP contribution in [0.5, 0.6) is 11.6 Å². The van der Waals surface area contributed by atoms with Gasteiger partial charge < -0.3 is 23.9 Å². The Morgan fingerprint density at radius 2 is 2.07 bits per heavy atom. The van der Waals surface area contributed by atoms with E-state index < -0.39 is 5.97 Å². The van der Waals surface area contributed by atoms with E-state index in [9.17, 15) is 14.3 Å². The first-order valence-corrected chi connectivity index (χ1v) is 14.4. The monoisotopic (exact) mass is 572 g/mol. The Morgan fingerprint density at radius 3 is 2.81 bits per heavy atom. The number of aromatic nitrogens is 3. The Bertz CT molecular complexity index is 1650. The molecule has 2 saturated heterocycles. The number of carbonyl (C=O) groups is 1. The Kier molecular flexibility index (Phi) is 6.82. The van der Waals surface area contributed by atoms with Crippen LogP contribution in [0.1, 0.15) is 46.7 Å². The van der Waals surface area contributed by atoms with E-state index in [1.54, 1.807) is 30.3 Å². The topological polar surface area (TPSA) is 98.9 Å². The molecule has 4 aromatic rings. The largest absolute Gasteiger partial charge is 0.497 e. The Balaban J connectivity index is 1.04. The van der Waals surface area contributed by atoms with Crippen molar-refractivity contribution in [1.29, 1.82) is 0 Å². The normalized spacial score (nSPS) is 23.3. The summed E-state index contributed by atoms with van der Waals surface area (Å²) in [6, 6.07) is 15.7. The van der Waals surface area contributed by atoms with Gasteiger partial charge in [-0.15, -0.1) is 0 Å². The lowest BCUT2D eigenvalue weighted by Gasteiger charge is -2.32. The van der Waals surface area contributed by atoms with Crippen molar-refractivity contribution in [2.24, 2.45) is 5.92 Å². The maximum Gasteiger partial charge on any atom is 0.335 e. The van der Waals surface area contributed by atoms with Crippen LogP contribution >= 0.6 is 0 Å². The lowest BCUT2D eigenvalue weighted by Crippen LogP contribution is -2.37. The molecule has 0 amide bonds.